The fourth-order valence-corrected chi connectivity index (χ4v) is 0.826. The highest BCUT2D eigenvalue weighted by Crippen LogP contribution is 2.01. The summed E-state index contributed by atoms with van der Waals surface area (Å²) >= 11 is 14.4. The first-order valence-corrected chi connectivity index (χ1v) is 4.12. The van der Waals surface area contributed by atoms with Crippen molar-refractivity contribution in [3.05, 3.63) is 10.7 Å². The zero-order valence-corrected chi connectivity index (χ0v) is 7.83. The van der Waals surface area contributed by atoms with Crippen LogP contribution in [0.2, 0.25) is 0 Å². The SMILES string of the molecule is O=C(O)C(CS)N/C(Cl)=C/Cl. The molecule has 0 heterocycles. The molecule has 0 aliphatic rings. The second-order valence-electron chi connectivity index (χ2n) is 1.67. The average Bonchev–Trinajstić information content (AvgIpc) is 1.99. The number of carboxylic acid groups (broad SMARTS) is 1. The van der Waals surface area contributed by atoms with Crippen LogP contribution in [-0.4, -0.2) is 22.9 Å². The number of carboxylic acids is 1. The Morgan fingerprint density at radius 2 is 2.36 bits per heavy atom. The van der Waals surface area contributed by atoms with E-state index in [1.54, 1.807) is 0 Å². The maximum atomic E-state index is 10.3. The van der Waals surface area contributed by atoms with Crippen molar-refractivity contribution in [1.29, 1.82) is 0 Å². The zero-order chi connectivity index (χ0) is 8.85. The summed E-state index contributed by atoms with van der Waals surface area (Å²) in [4.78, 5) is 10.3. The van der Waals surface area contributed by atoms with Gasteiger partial charge in [0.1, 0.15) is 11.2 Å². The molecule has 0 aliphatic carbocycles. The van der Waals surface area contributed by atoms with Gasteiger partial charge in [-0.25, -0.2) is 4.79 Å². The van der Waals surface area contributed by atoms with Crippen molar-refractivity contribution in [3.63, 3.8) is 0 Å². The van der Waals surface area contributed by atoms with Gasteiger partial charge in [0.2, 0.25) is 0 Å². The van der Waals surface area contributed by atoms with Crippen LogP contribution in [0.5, 0.6) is 0 Å². The summed E-state index contributed by atoms with van der Waals surface area (Å²) in [6.07, 6.45) is 0. The number of halogens is 2. The van der Waals surface area contributed by atoms with E-state index in [1.165, 1.54) is 0 Å². The van der Waals surface area contributed by atoms with Gasteiger partial charge in [-0.2, -0.15) is 12.6 Å². The molecule has 0 saturated heterocycles. The van der Waals surface area contributed by atoms with Crippen LogP contribution < -0.4 is 5.32 Å². The summed E-state index contributed by atoms with van der Waals surface area (Å²) in [5.74, 6) is -0.868. The lowest BCUT2D eigenvalue weighted by Crippen LogP contribution is -2.36. The summed E-state index contributed by atoms with van der Waals surface area (Å²) in [7, 11) is 0. The first-order chi connectivity index (χ1) is 5.11. The first-order valence-electron chi connectivity index (χ1n) is 2.68. The highest BCUT2D eigenvalue weighted by molar-refractivity contribution is 7.80. The highest BCUT2D eigenvalue weighted by atomic mass is 35.5. The summed E-state index contributed by atoms with van der Waals surface area (Å²) in [5, 5.41) is 11.0. The lowest BCUT2D eigenvalue weighted by molar-refractivity contribution is -0.138. The van der Waals surface area contributed by atoms with Crippen LogP contribution >= 0.6 is 35.8 Å². The van der Waals surface area contributed by atoms with E-state index in [4.69, 9.17) is 28.3 Å². The zero-order valence-electron chi connectivity index (χ0n) is 5.42. The van der Waals surface area contributed by atoms with E-state index in [9.17, 15) is 4.79 Å². The molecule has 11 heavy (non-hydrogen) atoms. The average molecular weight is 216 g/mol. The van der Waals surface area contributed by atoms with Gasteiger partial charge in [0.15, 0.2) is 0 Å². The van der Waals surface area contributed by atoms with Gasteiger partial charge in [-0.15, -0.1) is 0 Å². The summed E-state index contributed by atoms with van der Waals surface area (Å²) < 4.78 is 0. The maximum absolute atomic E-state index is 10.3. The Morgan fingerprint density at radius 3 is 2.64 bits per heavy atom. The number of hydrogen-bond donors (Lipinski definition) is 3. The molecule has 0 aliphatic heterocycles. The molecule has 1 atom stereocenters. The second-order valence-corrected chi connectivity index (χ2v) is 2.67. The van der Waals surface area contributed by atoms with E-state index in [1.807, 2.05) is 0 Å². The maximum Gasteiger partial charge on any atom is 0.326 e. The third kappa shape index (κ3) is 4.40. The largest absolute Gasteiger partial charge is 0.480 e. The van der Waals surface area contributed by atoms with Crippen molar-refractivity contribution in [2.24, 2.45) is 0 Å². The predicted molar refractivity (Wildman–Crippen MR) is 48.2 cm³/mol. The minimum absolute atomic E-state index is 0.0908. The molecule has 2 N–H and O–H groups in total. The Kier molecular flexibility index (Phi) is 5.54. The summed E-state index contributed by atoms with van der Waals surface area (Å²) in [6.45, 7) is 0. The molecule has 0 aromatic rings. The number of nitrogens with one attached hydrogen (secondary N) is 1. The monoisotopic (exact) mass is 215 g/mol. The predicted octanol–water partition coefficient (Wildman–Crippen LogP) is 1.24. The quantitative estimate of drug-likeness (QED) is 0.489. The lowest BCUT2D eigenvalue weighted by atomic mass is 10.3. The van der Waals surface area contributed by atoms with Crippen molar-refractivity contribution >= 4 is 41.8 Å². The van der Waals surface area contributed by atoms with Crippen LogP contribution in [0.25, 0.3) is 0 Å². The van der Waals surface area contributed by atoms with Crippen LogP contribution in [-0.2, 0) is 4.79 Å². The molecule has 0 fully saturated rings. The summed E-state index contributed by atoms with van der Waals surface area (Å²) in [5.41, 5.74) is 1.06. The Balaban J connectivity index is 3.98. The van der Waals surface area contributed by atoms with Crippen LogP contribution in [0.4, 0.5) is 0 Å². The molecule has 64 valence electrons. The third-order valence-corrected chi connectivity index (χ3v) is 1.80. The molecule has 0 saturated carbocycles. The van der Waals surface area contributed by atoms with Crippen LogP contribution in [0.15, 0.2) is 10.7 Å². The molecular formula is C5H7Cl2NO2S. The van der Waals surface area contributed by atoms with Crippen molar-refractivity contribution in [3.8, 4) is 0 Å². The molecule has 1 unspecified atom stereocenters. The van der Waals surface area contributed by atoms with E-state index in [-0.39, 0.29) is 10.9 Å². The van der Waals surface area contributed by atoms with Gasteiger partial charge < -0.3 is 10.4 Å². The van der Waals surface area contributed by atoms with Crippen molar-refractivity contribution < 1.29 is 9.90 Å². The molecule has 0 aromatic carbocycles. The van der Waals surface area contributed by atoms with Crippen molar-refractivity contribution in [2.75, 3.05) is 5.75 Å². The Hall–Kier alpha value is -0.0600. The molecule has 3 nitrogen and oxygen atoms in total. The molecule has 6 heteroatoms. The Morgan fingerprint density at radius 1 is 1.82 bits per heavy atom. The molecule has 0 bridgehead atoms. The molecule has 0 radical (unpaired) electrons. The topological polar surface area (TPSA) is 49.3 Å². The fraction of sp³-hybridized carbons (Fsp3) is 0.400. The van der Waals surface area contributed by atoms with Gasteiger partial charge in [0, 0.05) is 11.3 Å². The van der Waals surface area contributed by atoms with E-state index in [0.717, 1.165) is 5.54 Å². The first kappa shape index (κ1) is 10.9. The minimum Gasteiger partial charge on any atom is -0.480 e. The van der Waals surface area contributed by atoms with Gasteiger partial charge in [-0.1, -0.05) is 23.2 Å². The second kappa shape index (κ2) is 5.57. The van der Waals surface area contributed by atoms with Gasteiger partial charge >= 0.3 is 5.97 Å². The minimum atomic E-state index is -1.02. The van der Waals surface area contributed by atoms with Gasteiger partial charge in [-0.3, -0.25) is 0 Å². The van der Waals surface area contributed by atoms with E-state index in [2.05, 4.69) is 17.9 Å². The lowest BCUT2D eigenvalue weighted by Gasteiger charge is -2.10. The molecular weight excluding hydrogens is 209 g/mol. The Bertz CT molecular complexity index is 174. The van der Waals surface area contributed by atoms with Crippen molar-refractivity contribution in [1.82, 2.24) is 5.32 Å². The third-order valence-electron chi connectivity index (χ3n) is 0.889. The number of hydrogen-bond acceptors (Lipinski definition) is 3. The number of rotatable bonds is 4. The Labute approximate surface area is 79.8 Å². The number of thiol groups is 1. The van der Waals surface area contributed by atoms with Gasteiger partial charge in [-0.05, 0) is 0 Å². The molecule has 0 rings (SSSR count). The number of aliphatic carboxylic acids is 1. The highest BCUT2D eigenvalue weighted by Gasteiger charge is 2.14. The number of carbonyl (C=O) groups is 1. The van der Waals surface area contributed by atoms with Crippen LogP contribution in [0, 0.1) is 0 Å². The van der Waals surface area contributed by atoms with Crippen molar-refractivity contribution in [2.45, 2.75) is 6.04 Å². The summed E-state index contributed by atoms with van der Waals surface area (Å²) in [6, 6.07) is -0.805. The molecule has 0 spiro atoms. The van der Waals surface area contributed by atoms with Gasteiger partial charge in [0.25, 0.3) is 0 Å². The van der Waals surface area contributed by atoms with Gasteiger partial charge in [0.05, 0.1) is 0 Å². The normalized spacial score (nSPS) is 14.3. The fourth-order valence-electron chi connectivity index (χ4n) is 0.383. The smallest absolute Gasteiger partial charge is 0.326 e. The molecule has 0 amide bonds. The molecule has 0 aromatic heterocycles. The van der Waals surface area contributed by atoms with E-state index < -0.39 is 12.0 Å². The van der Waals surface area contributed by atoms with Crippen LogP contribution in [0.1, 0.15) is 0 Å². The van der Waals surface area contributed by atoms with Crippen LogP contribution in [0.3, 0.4) is 0 Å². The van der Waals surface area contributed by atoms with E-state index >= 15 is 0 Å². The van der Waals surface area contributed by atoms with E-state index in [0.29, 0.717) is 0 Å². The standard InChI is InChI=1S/C5H7Cl2NO2S/c6-1-4(7)8-3(2-11)5(9)10/h1,3,8,11H,2H2,(H,9,10)/b4-1+.